The van der Waals surface area contributed by atoms with E-state index < -0.39 is 5.92 Å². The zero-order chi connectivity index (χ0) is 23.0. The number of benzene rings is 1. The number of nitrogens with zero attached hydrogens (tertiary/aromatic N) is 1. The smallest absolute Gasteiger partial charge is 0.151 e. The lowest BCUT2D eigenvalue weighted by Gasteiger charge is -2.17. The van der Waals surface area contributed by atoms with Crippen LogP contribution < -0.4 is 0 Å². The van der Waals surface area contributed by atoms with Crippen LogP contribution in [0.3, 0.4) is 0 Å². The SMILES string of the molecule is C=C(C)CC1CC(=O)C(c2c(C)cc(-c3ccc(C)cn3)cc2C)C1=O.CC.CC. The van der Waals surface area contributed by atoms with Crippen LogP contribution in [-0.4, -0.2) is 16.6 Å². The molecule has 0 amide bonds. The van der Waals surface area contributed by atoms with Crippen molar-refractivity contribution in [1.29, 1.82) is 0 Å². The van der Waals surface area contributed by atoms with E-state index in [-0.39, 0.29) is 17.5 Å². The number of aromatic nitrogens is 1. The molecule has 3 heteroatoms. The minimum Gasteiger partial charge on any atom is -0.298 e. The molecule has 1 fully saturated rings. The fourth-order valence-electron chi connectivity index (χ4n) is 3.97. The van der Waals surface area contributed by atoms with Gasteiger partial charge in [-0.25, -0.2) is 0 Å². The topological polar surface area (TPSA) is 47.0 Å². The Labute approximate surface area is 182 Å². The molecule has 2 atom stereocenters. The molecule has 0 radical (unpaired) electrons. The highest BCUT2D eigenvalue weighted by molar-refractivity contribution is 6.15. The number of carbonyl (C=O) groups excluding carboxylic acids is 2. The first-order valence-electron chi connectivity index (χ1n) is 11.0. The van der Waals surface area contributed by atoms with Gasteiger partial charge in [0.15, 0.2) is 5.78 Å². The van der Waals surface area contributed by atoms with Gasteiger partial charge in [0.25, 0.3) is 0 Å². The molecular weight excluding hydrogens is 370 g/mol. The summed E-state index contributed by atoms with van der Waals surface area (Å²) in [6, 6.07) is 8.10. The predicted molar refractivity (Wildman–Crippen MR) is 127 cm³/mol. The van der Waals surface area contributed by atoms with E-state index in [9.17, 15) is 9.59 Å². The third-order valence-electron chi connectivity index (χ3n) is 5.14. The highest BCUT2D eigenvalue weighted by Crippen LogP contribution is 2.39. The summed E-state index contributed by atoms with van der Waals surface area (Å²) in [7, 11) is 0. The summed E-state index contributed by atoms with van der Waals surface area (Å²) in [5.74, 6) is -0.763. The summed E-state index contributed by atoms with van der Waals surface area (Å²) in [6.45, 7) is 19.8. The fourth-order valence-corrected chi connectivity index (χ4v) is 3.97. The van der Waals surface area contributed by atoms with Crippen LogP contribution >= 0.6 is 0 Å². The third-order valence-corrected chi connectivity index (χ3v) is 5.14. The molecule has 1 heterocycles. The molecule has 1 aromatic carbocycles. The normalized spacial score (nSPS) is 17.6. The van der Waals surface area contributed by atoms with Gasteiger partial charge in [0.1, 0.15) is 11.7 Å². The first-order chi connectivity index (χ1) is 14.3. The maximum Gasteiger partial charge on any atom is 0.151 e. The van der Waals surface area contributed by atoms with Gasteiger partial charge in [-0.15, -0.1) is 6.58 Å². The maximum atomic E-state index is 12.9. The Morgan fingerprint density at radius 2 is 1.60 bits per heavy atom. The summed E-state index contributed by atoms with van der Waals surface area (Å²) in [5.41, 5.74) is 6.81. The summed E-state index contributed by atoms with van der Waals surface area (Å²) >= 11 is 0. The standard InChI is InChI=1S/C23H25NO2.2C2H6/c1-13(2)8-18-11-20(25)22(23(18)26)21-15(4)9-17(10-16(21)5)19-7-6-14(3)12-24-19;2*1-2/h6-7,9-10,12,18,22H,1,8,11H2,2-5H3;2*1-2H3. The Morgan fingerprint density at radius 1 is 1.03 bits per heavy atom. The van der Waals surface area contributed by atoms with Crippen LogP contribution in [0.15, 0.2) is 42.6 Å². The van der Waals surface area contributed by atoms with Crippen molar-refractivity contribution in [2.75, 3.05) is 0 Å². The highest BCUT2D eigenvalue weighted by Gasteiger charge is 2.42. The molecule has 1 aliphatic carbocycles. The van der Waals surface area contributed by atoms with Crippen LogP contribution in [0.4, 0.5) is 0 Å². The van der Waals surface area contributed by atoms with Crippen molar-refractivity contribution in [2.24, 2.45) is 5.92 Å². The Morgan fingerprint density at radius 3 is 2.07 bits per heavy atom. The second-order valence-electron chi connectivity index (χ2n) is 7.61. The predicted octanol–water partition coefficient (Wildman–Crippen LogP) is 6.93. The summed E-state index contributed by atoms with van der Waals surface area (Å²) in [6.07, 6.45) is 2.78. The van der Waals surface area contributed by atoms with E-state index in [1.165, 1.54) is 0 Å². The van der Waals surface area contributed by atoms with Gasteiger partial charge in [-0.1, -0.05) is 39.3 Å². The van der Waals surface area contributed by atoms with E-state index in [4.69, 9.17) is 0 Å². The van der Waals surface area contributed by atoms with Crippen LogP contribution in [0.5, 0.6) is 0 Å². The van der Waals surface area contributed by atoms with Crippen LogP contribution in [0.25, 0.3) is 11.3 Å². The van der Waals surface area contributed by atoms with Gasteiger partial charge in [0.05, 0.1) is 5.69 Å². The lowest BCUT2D eigenvalue weighted by atomic mass is 9.85. The van der Waals surface area contributed by atoms with Gasteiger partial charge in [-0.2, -0.15) is 0 Å². The zero-order valence-electron chi connectivity index (χ0n) is 19.9. The molecule has 1 aromatic heterocycles. The number of hydrogen-bond acceptors (Lipinski definition) is 3. The molecule has 162 valence electrons. The first-order valence-corrected chi connectivity index (χ1v) is 11.0. The summed E-state index contributed by atoms with van der Waals surface area (Å²) in [4.78, 5) is 30.0. The molecule has 0 N–H and O–H groups in total. The van der Waals surface area contributed by atoms with Crippen molar-refractivity contribution in [3.8, 4) is 11.3 Å². The third kappa shape index (κ3) is 5.75. The number of pyridine rings is 1. The molecular formula is C27H37NO2. The number of allylic oxidation sites excluding steroid dienone is 1. The van der Waals surface area contributed by atoms with Gasteiger partial charge in [0, 0.05) is 24.1 Å². The van der Waals surface area contributed by atoms with Crippen LogP contribution in [0, 0.1) is 26.7 Å². The average Bonchev–Trinajstić information content (AvgIpc) is 2.98. The van der Waals surface area contributed by atoms with E-state index in [2.05, 4.69) is 11.6 Å². The van der Waals surface area contributed by atoms with Gasteiger partial charge < -0.3 is 0 Å². The summed E-state index contributed by atoms with van der Waals surface area (Å²) < 4.78 is 0. The second kappa shape index (κ2) is 11.6. The van der Waals surface area contributed by atoms with Gasteiger partial charge in [-0.05, 0) is 74.6 Å². The number of hydrogen-bond donors (Lipinski definition) is 0. The minimum atomic E-state index is -0.626. The van der Waals surface area contributed by atoms with Crippen molar-refractivity contribution < 1.29 is 9.59 Å². The number of aryl methyl sites for hydroxylation is 3. The fraction of sp³-hybridized carbons (Fsp3) is 0.444. The molecule has 1 aliphatic rings. The molecule has 30 heavy (non-hydrogen) atoms. The molecule has 2 unspecified atom stereocenters. The van der Waals surface area contributed by atoms with E-state index in [1.807, 2.05) is 85.9 Å². The summed E-state index contributed by atoms with van der Waals surface area (Å²) in [5, 5.41) is 0. The molecule has 2 aromatic rings. The van der Waals surface area contributed by atoms with Crippen molar-refractivity contribution in [3.63, 3.8) is 0 Å². The highest BCUT2D eigenvalue weighted by atomic mass is 16.2. The maximum absolute atomic E-state index is 12.9. The largest absolute Gasteiger partial charge is 0.298 e. The quantitative estimate of drug-likeness (QED) is 0.407. The Kier molecular flexibility index (Phi) is 9.84. The molecule has 3 nitrogen and oxygen atoms in total. The van der Waals surface area contributed by atoms with Crippen LogP contribution in [0.2, 0.25) is 0 Å². The Bertz CT molecular complexity index is 871. The molecule has 3 rings (SSSR count). The van der Waals surface area contributed by atoms with Crippen molar-refractivity contribution in [1.82, 2.24) is 4.98 Å². The minimum absolute atomic E-state index is 0.0358. The van der Waals surface area contributed by atoms with E-state index in [0.717, 1.165) is 39.1 Å². The number of rotatable bonds is 4. The van der Waals surface area contributed by atoms with Gasteiger partial charge in [0.2, 0.25) is 0 Å². The molecule has 1 saturated carbocycles. The number of ketones is 2. The second-order valence-corrected chi connectivity index (χ2v) is 7.61. The van der Waals surface area contributed by atoms with E-state index in [0.29, 0.717) is 12.8 Å². The molecule has 0 spiro atoms. The van der Waals surface area contributed by atoms with E-state index >= 15 is 0 Å². The van der Waals surface area contributed by atoms with Crippen LogP contribution in [-0.2, 0) is 9.59 Å². The zero-order valence-corrected chi connectivity index (χ0v) is 19.9. The number of carbonyl (C=O) groups is 2. The van der Waals surface area contributed by atoms with Crippen LogP contribution in [0.1, 0.15) is 75.6 Å². The van der Waals surface area contributed by atoms with Crippen molar-refractivity contribution in [2.45, 2.75) is 74.1 Å². The van der Waals surface area contributed by atoms with E-state index in [1.54, 1.807) is 0 Å². The lowest BCUT2D eigenvalue weighted by Crippen LogP contribution is -2.18. The van der Waals surface area contributed by atoms with Crippen molar-refractivity contribution in [3.05, 3.63) is 64.9 Å². The molecule has 0 saturated heterocycles. The molecule has 0 aliphatic heterocycles. The average molecular weight is 408 g/mol. The Balaban J connectivity index is 0.00000106. The number of Topliss-reactive ketones (excluding diaryl/α,β-unsaturated/α-hetero) is 2. The van der Waals surface area contributed by atoms with Gasteiger partial charge >= 0.3 is 0 Å². The Hall–Kier alpha value is -2.55. The van der Waals surface area contributed by atoms with Gasteiger partial charge in [-0.3, -0.25) is 14.6 Å². The monoisotopic (exact) mass is 407 g/mol. The first kappa shape index (κ1) is 25.5. The molecule has 0 bridgehead atoms. The van der Waals surface area contributed by atoms with Crippen molar-refractivity contribution >= 4 is 11.6 Å². The lowest BCUT2D eigenvalue weighted by molar-refractivity contribution is -0.124.